The largest absolute Gasteiger partial charge is 0.207 e. The molecule has 0 aromatic heterocycles. The number of allylic oxidation sites excluding steroid dienone is 2. The van der Waals surface area contributed by atoms with E-state index in [0.717, 1.165) is 12.1 Å². The molecule has 0 saturated carbocycles. The third-order valence-corrected chi connectivity index (χ3v) is 2.13. The number of hydrogen-bond acceptors (Lipinski definition) is 0. The van der Waals surface area contributed by atoms with Crippen molar-refractivity contribution in [3.8, 4) is 0 Å². The van der Waals surface area contributed by atoms with Crippen molar-refractivity contribution in [2.75, 3.05) is 5.88 Å². The van der Waals surface area contributed by atoms with Gasteiger partial charge in [-0.3, -0.25) is 0 Å². The third-order valence-electron chi connectivity index (χ3n) is 1.91. The molecule has 0 aliphatic heterocycles. The van der Waals surface area contributed by atoms with Crippen LogP contribution in [0.15, 0.2) is 24.3 Å². The first-order chi connectivity index (χ1) is 6.65. The lowest BCUT2D eigenvalue weighted by molar-refractivity contribution is 0.597. The van der Waals surface area contributed by atoms with Crippen molar-refractivity contribution in [2.24, 2.45) is 0 Å². The number of halogens is 3. The fraction of sp³-hybridized carbons (Fsp3) is 0.273. The predicted molar refractivity (Wildman–Crippen MR) is 55.3 cm³/mol. The predicted octanol–water partition coefficient (Wildman–Crippen LogP) is 4.00. The molecule has 76 valence electrons. The van der Waals surface area contributed by atoms with Gasteiger partial charge >= 0.3 is 0 Å². The van der Waals surface area contributed by atoms with Crippen molar-refractivity contribution >= 4 is 17.2 Å². The van der Waals surface area contributed by atoms with Gasteiger partial charge in [-0.15, -0.1) is 11.6 Å². The van der Waals surface area contributed by atoms with Crippen molar-refractivity contribution in [1.82, 2.24) is 0 Å². The Bertz CT molecular complexity index is 345. The lowest BCUT2D eigenvalue weighted by atomic mass is 10.1. The molecule has 14 heavy (non-hydrogen) atoms. The molecule has 1 rings (SSSR count). The summed E-state index contributed by atoms with van der Waals surface area (Å²) in [4.78, 5) is 0. The van der Waals surface area contributed by atoms with Crippen LogP contribution in [-0.2, 0) is 0 Å². The second-order valence-corrected chi connectivity index (χ2v) is 3.37. The third kappa shape index (κ3) is 2.81. The maximum Gasteiger partial charge on any atom is 0.130 e. The number of benzene rings is 1. The van der Waals surface area contributed by atoms with Crippen LogP contribution in [0.3, 0.4) is 0 Å². The van der Waals surface area contributed by atoms with Gasteiger partial charge in [0.15, 0.2) is 0 Å². The molecule has 0 saturated heterocycles. The van der Waals surface area contributed by atoms with Crippen LogP contribution in [0.4, 0.5) is 8.78 Å². The van der Waals surface area contributed by atoms with Crippen LogP contribution >= 0.6 is 11.6 Å². The van der Waals surface area contributed by atoms with E-state index >= 15 is 0 Å². The van der Waals surface area contributed by atoms with Gasteiger partial charge in [0.2, 0.25) is 0 Å². The molecule has 0 heterocycles. The molecule has 1 aromatic carbocycles. The van der Waals surface area contributed by atoms with Gasteiger partial charge in [-0.05, 0) is 37.1 Å². The molecular formula is C11H11ClF2. The lowest BCUT2D eigenvalue weighted by Gasteiger charge is -2.03. The minimum Gasteiger partial charge on any atom is -0.207 e. The number of rotatable bonds is 3. The Labute approximate surface area is 87.2 Å². The number of hydrogen-bond donors (Lipinski definition) is 0. The van der Waals surface area contributed by atoms with Crippen molar-refractivity contribution < 1.29 is 8.78 Å². The Morgan fingerprint density at radius 2 is 2.14 bits per heavy atom. The molecule has 3 heteroatoms. The van der Waals surface area contributed by atoms with Crippen molar-refractivity contribution in [2.45, 2.75) is 13.3 Å². The fourth-order valence-corrected chi connectivity index (χ4v) is 1.29. The summed E-state index contributed by atoms with van der Waals surface area (Å²) in [5.41, 5.74) is 1.01. The summed E-state index contributed by atoms with van der Waals surface area (Å²) < 4.78 is 26.0. The molecule has 0 radical (unpaired) electrons. The fourth-order valence-electron chi connectivity index (χ4n) is 1.18. The van der Waals surface area contributed by atoms with Crippen LogP contribution in [0.1, 0.15) is 18.9 Å². The van der Waals surface area contributed by atoms with Gasteiger partial charge in [-0.1, -0.05) is 6.08 Å². The Morgan fingerprint density at radius 3 is 2.79 bits per heavy atom. The molecule has 0 N–H and O–H groups in total. The summed E-state index contributed by atoms with van der Waals surface area (Å²) in [5.74, 6) is -0.358. The van der Waals surface area contributed by atoms with E-state index in [-0.39, 0.29) is 0 Å². The van der Waals surface area contributed by atoms with E-state index in [0.29, 0.717) is 23.4 Å². The second-order valence-electron chi connectivity index (χ2n) is 2.99. The Hall–Kier alpha value is -0.890. The molecule has 0 amide bonds. The molecule has 0 nitrogen and oxygen atoms in total. The van der Waals surface area contributed by atoms with Gasteiger partial charge in [0.05, 0.1) is 0 Å². The van der Waals surface area contributed by atoms with E-state index in [1.165, 1.54) is 6.07 Å². The first kappa shape index (κ1) is 11.2. The highest BCUT2D eigenvalue weighted by Crippen LogP contribution is 2.19. The molecule has 1 aromatic rings. The van der Waals surface area contributed by atoms with E-state index in [1.54, 1.807) is 13.0 Å². The summed E-state index contributed by atoms with van der Waals surface area (Å²) in [6, 6.07) is 3.42. The topological polar surface area (TPSA) is 0 Å². The van der Waals surface area contributed by atoms with Gasteiger partial charge in [-0.2, -0.15) is 0 Å². The van der Waals surface area contributed by atoms with Crippen LogP contribution in [-0.4, -0.2) is 5.88 Å². The molecule has 0 bridgehead atoms. The Balaban J connectivity index is 2.99. The molecule has 0 fully saturated rings. The minimum atomic E-state index is -0.431. The summed E-state index contributed by atoms with van der Waals surface area (Å²) in [5, 5.41) is 0. The van der Waals surface area contributed by atoms with Crippen molar-refractivity contribution in [3.63, 3.8) is 0 Å². The van der Waals surface area contributed by atoms with Gasteiger partial charge in [0.25, 0.3) is 0 Å². The SMILES string of the molecule is CC(=CCCCl)c1cc(F)ccc1F. The highest BCUT2D eigenvalue weighted by molar-refractivity contribution is 6.17. The maximum atomic E-state index is 13.2. The zero-order valence-corrected chi connectivity index (χ0v) is 8.61. The molecular weight excluding hydrogens is 206 g/mol. The van der Waals surface area contributed by atoms with E-state index in [2.05, 4.69) is 0 Å². The first-order valence-corrected chi connectivity index (χ1v) is 4.86. The molecule has 0 aliphatic rings. The average Bonchev–Trinajstić information content (AvgIpc) is 2.18. The van der Waals surface area contributed by atoms with Gasteiger partial charge < -0.3 is 0 Å². The van der Waals surface area contributed by atoms with E-state index in [1.807, 2.05) is 0 Å². The smallest absolute Gasteiger partial charge is 0.130 e. The van der Waals surface area contributed by atoms with E-state index in [4.69, 9.17) is 11.6 Å². The Kier molecular flexibility index (Phi) is 4.08. The molecule has 0 atom stereocenters. The zero-order chi connectivity index (χ0) is 10.6. The van der Waals surface area contributed by atoms with Gasteiger partial charge in [0, 0.05) is 11.4 Å². The highest BCUT2D eigenvalue weighted by atomic mass is 35.5. The Morgan fingerprint density at radius 1 is 1.43 bits per heavy atom. The zero-order valence-electron chi connectivity index (χ0n) is 7.86. The summed E-state index contributed by atoms with van der Waals surface area (Å²) in [6.45, 7) is 1.74. The molecule has 0 aliphatic carbocycles. The highest BCUT2D eigenvalue weighted by Gasteiger charge is 2.04. The first-order valence-electron chi connectivity index (χ1n) is 4.33. The van der Waals surface area contributed by atoms with Crippen LogP contribution < -0.4 is 0 Å². The molecule has 0 spiro atoms. The standard InChI is InChI=1S/C11H11ClF2/c1-8(3-2-6-12)10-7-9(13)4-5-11(10)14/h3-5,7H,2,6H2,1H3. The van der Waals surface area contributed by atoms with Crippen molar-refractivity contribution in [3.05, 3.63) is 41.5 Å². The number of alkyl halides is 1. The van der Waals surface area contributed by atoms with E-state index in [9.17, 15) is 8.78 Å². The van der Waals surface area contributed by atoms with Crippen LogP contribution in [0.5, 0.6) is 0 Å². The minimum absolute atomic E-state index is 0.301. The van der Waals surface area contributed by atoms with Crippen LogP contribution in [0.25, 0.3) is 5.57 Å². The van der Waals surface area contributed by atoms with Gasteiger partial charge in [-0.25, -0.2) is 8.78 Å². The maximum absolute atomic E-state index is 13.2. The van der Waals surface area contributed by atoms with Gasteiger partial charge in [0.1, 0.15) is 11.6 Å². The monoisotopic (exact) mass is 216 g/mol. The normalized spacial score (nSPS) is 11.9. The summed E-state index contributed by atoms with van der Waals surface area (Å²) in [6.07, 6.45) is 2.45. The van der Waals surface area contributed by atoms with Crippen LogP contribution in [0, 0.1) is 11.6 Å². The van der Waals surface area contributed by atoms with E-state index < -0.39 is 11.6 Å². The quantitative estimate of drug-likeness (QED) is 0.670. The average molecular weight is 217 g/mol. The summed E-state index contributed by atoms with van der Waals surface area (Å²) >= 11 is 5.49. The molecule has 0 unspecified atom stereocenters. The summed E-state index contributed by atoms with van der Waals surface area (Å²) in [7, 11) is 0. The second kappa shape index (κ2) is 5.11. The van der Waals surface area contributed by atoms with Crippen molar-refractivity contribution in [1.29, 1.82) is 0 Å². The van der Waals surface area contributed by atoms with Crippen LogP contribution in [0.2, 0.25) is 0 Å². The lowest BCUT2D eigenvalue weighted by Crippen LogP contribution is -1.89.